The number of aromatic nitrogens is 2. The number of hydrogen-bond donors (Lipinski definition) is 1. The number of imidazole rings is 1. The lowest BCUT2D eigenvalue weighted by Crippen LogP contribution is -2.54. The van der Waals surface area contributed by atoms with E-state index in [0.717, 1.165) is 17.8 Å². The van der Waals surface area contributed by atoms with Gasteiger partial charge in [0.25, 0.3) is 0 Å². The van der Waals surface area contributed by atoms with E-state index in [9.17, 15) is 4.79 Å². The molecule has 0 spiro atoms. The van der Waals surface area contributed by atoms with Crippen molar-refractivity contribution in [1.29, 1.82) is 0 Å². The Morgan fingerprint density at radius 3 is 2.96 bits per heavy atom. The van der Waals surface area contributed by atoms with Gasteiger partial charge in [0.1, 0.15) is 5.82 Å². The third-order valence-corrected chi connectivity index (χ3v) is 5.35. The van der Waals surface area contributed by atoms with E-state index < -0.39 is 0 Å². The number of benzene rings is 1. The average molecular weight is 342 g/mol. The van der Waals surface area contributed by atoms with E-state index in [2.05, 4.69) is 29.8 Å². The fourth-order valence-electron chi connectivity index (χ4n) is 3.54. The monoisotopic (exact) mass is 342 g/mol. The van der Waals surface area contributed by atoms with Crippen molar-refractivity contribution in [3.63, 3.8) is 0 Å². The Hall–Kier alpha value is -2.08. The van der Waals surface area contributed by atoms with Crippen LogP contribution >= 0.6 is 0 Å². The normalized spacial score (nSPS) is 23.8. The maximum absolute atomic E-state index is 12.6. The number of para-hydroxylation sites is 2. The summed E-state index contributed by atoms with van der Waals surface area (Å²) in [5.74, 6) is 0.948. The molecule has 1 saturated heterocycles. The Morgan fingerprint density at radius 1 is 1.40 bits per heavy atom. The molecule has 2 heterocycles. The van der Waals surface area contributed by atoms with Crippen LogP contribution in [0.3, 0.4) is 0 Å². The highest BCUT2D eigenvalue weighted by molar-refractivity contribution is 5.77. The second-order valence-corrected chi connectivity index (χ2v) is 7.35. The average Bonchev–Trinajstić information content (AvgIpc) is 3.40. The number of rotatable bonds is 4. The first kappa shape index (κ1) is 16.4. The molecular formula is C19H26N4O2. The van der Waals surface area contributed by atoms with Crippen molar-refractivity contribution in [2.75, 3.05) is 19.7 Å². The quantitative estimate of drug-likeness (QED) is 0.929. The van der Waals surface area contributed by atoms with E-state index >= 15 is 0 Å². The first-order chi connectivity index (χ1) is 12.1. The Bertz CT molecular complexity index is 783. The van der Waals surface area contributed by atoms with Gasteiger partial charge in [0.05, 0.1) is 36.3 Å². The number of carbonyl (C=O) groups excluding carboxylic acids is 1. The molecule has 6 nitrogen and oxygen atoms in total. The number of urea groups is 1. The van der Waals surface area contributed by atoms with Crippen molar-refractivity contribution in [1.82, 2.24) is 19.8 Å². The van der Waals surface area contributed by atoms with Crippen LogP contribution < -0.4 is 5.32 Å². The van der Waals surface area contributed by atoms with Gasteiger partial charge in [-0.2, -0.15) is 0 Å². The molecule has 2 aromatic rings. The first-order valence-electron chi connectivity index (χ1n) is 9.22. The summed E-state index contributed by atoms with van der Waals surface area (Å²) in [5, 5.41) is 3.06. The molecule has 0 radical (unpaired) electrons. The molecule has 1 aliphatic heterocycles. The van der Waals surface area contributed by atoms with Crippen molar-refractivity contribution in [3.8, 4) is 0 Å². The number of fused-ring (bicyclic) bond motifs is 1. The van der Waals surface area contributed by atoms with E-state index in [1.165, 1.54) is 18.4 Å². The van der Waals surface area contributed by atoms with Crippen molar-refractivity contribution >= 4 is 17.1 Å². The molecule has 1 aromatic carbocycles. The smallest absolute Gasteiger partial charge is 0.317 e. The van der Waals surface area contributed by atoms with Gasteiger partial charge in [-0.3, -0.25) is 0 Å². The van der Waals surface area contributed by atoms with Gasteiger partial charge in [-0.25, -0.2) is 9.78 Å². The summed E-state index contributed by atoms with van der Waals surface area (Å²) in [6, 6.07) is 8.71. The first-order valence-corrected chi connectivity index (χ1v) is 9.22. The minimum atomic E-state index is -0.239. The van der Waals surface area contributed by atoms with Crippen molar-refractivity contribution in [3.05, 3.63) is 30.1 Å². The number of nitrogens with zero attached hydrogens (tertiary/aromatic N) is 3. The summed E-state index contributed by atoms with van der Waals surface area (Å²) in [5.41, 5.74) is 1.93. The third-order valence-electron chi connectivity index (χ3n) is 5.35. The summed E-state index contributed by atoms with van der Waals surface area (Å²) in [6.07, 6.45) is 3.29. The summed E-state index contributed by atoms with van der Waals surface area (Å²) in [7, 11) is 0. The molecule has 1 aliphatic carbocycles. The van der Waals surface area contributed by atoms with E-state index in [1.807, 2.05) is 23.1 Å². The highest BCUT2D eigenvalue weighted by atomic mass is 16.5. The molecular weight excluding hydrogens is 316 g/mol. The number of hydrogen-bond acceptors (Lipinski definition) is 3. The minimum absolute atomic E-state index is 0.0302. The lowest BCUT2D eigenvalue weighted by atomic mass is 10.0. The summed E-state index contributed by atoms with van der Waals surface area (Å²) >= 11 is 0. The fourth-order valence-corrected chi connectivity index (χ4v) is 3.54. The molecule has 134 valence electrons. The van der Waals surface area contributed by atoms with Crippen molar-refractivity contribution in [2.24, 2.45) is 0 Å². The van der Waals surface area contributed by atoms with Crippen LogP contribution in [0.4, 0.5) is 4.79 Å². The molecule has 1 atom stereocenters. The zero-order chi connectivity index (χ0) is 17.4. The molecule has 6 heteroatoms. The van der Waals surface area contributed by atoms with Gasteiger partial charge in [-0.15, -0.1) is 0 Å². The van der Waals surface area contributed by atoms with E-state index in [4.69, 9.17) is 9.72 Å². The van der Waals surface area contributed by atoms with Crippen LogP contribution in [-0.4, -0.2) is 45.8 Å². The molecule has 4 rings (SSSR count). The second kappa shape index (κ2) is 6.33. The molecule has 25 heavy (non-hydrogen) atoms. The van der Waals surface area contributed by atoms with Crippen molar-refractivity contribution in [2.45, 2.75) is 51.3 Å². The van der Waals surface area contributed by atoms with Crippen LogP contribution in [0.2, 0.25) is 0 Å². The third kappa shape index (κ3) is 3.23. The SMILES string of the molecule is CC[C@@]1(C)CN(C(=O)NCc2nc3ccccc3n2C2CC2)CCO1. The summed E-state index contributed by atoms with van der Waals surface area (Å²) < 4.78 is 8.12. The van der Waals surface area contributed by atoms with Crippen LogP contribution in [0.15, 0.2) is 24.3 Å². The standard InChI is InChI=1S/C19H26N4O2/c1-3-19(2)13-22(10-11-25-19)18(24)20-12-17-21-15-6-4-5-7-16(15)23(17)14-8-9-14/h4-7,14H,3,8-13H2,1-2H3,(H,20,24)/t19-/m0/s1. The van der Waals surface area contributed by atoms with E-state index in [-0.39, 0.29) is 11.6 Å². The van der Waals surface area contributed by atoms with Gasteiger partial charge in [0.15, 0.2) is 0 Å². The lowest BCUT2D eigenvalue weighted by Gasteiger charge is -2.39. The summed E-state index contributed by atoms with van der Waals surface area (Å²) in [6.45, 7) is 6.50. The lowest BCUT2D eigenvalue weighted by molar-refractivity contribution is -0.0873. The molecule has 1 saturated carbocycles. The second-order valence-electron chi connectivity index (χ2n) is 7.35. The van der Waals surface area contributed by atoms with Crippen LogP contribution in [0.1, 0.15) is 45.0 Å². The molecule has 0 bridgehead atoms. The fraction of sp³-hybridized carbons (Fsp3) is 0.579. The van der Waals surface area contributed by atoms with Crippen molar-refractivity contribution < 1.29 is 9.53 Å². The Balaban J connectivity index is 1.47. The van der Waals surface area contributed by atoms with E-state index in [1.54, 1.807) is 0 Å². The Labute approximate surface area is 148 Å². The van der Waals surface area contributed by atoms with Gasteiger partial charge < -0.3 is 19.5 Å². The topological polar surface area (TPSA) is 59.4 Å². The Morgan fingerprint density at radius 2 is 2.20 bits per heavy atom. The van der Waals surface area contributed by atoms with Crippen LogP contribution in [-0.2, 0) is 11.3 Å². The maximum atomic E-state index is 12.6. The predicted molar refractivity (Wildman–Crippen MR) is 96.5 cm³/mol. The highest BCUT2D eigenvalue weighted by Crippen LogP contribution is 2.38. The Kier molecular flexibility index (Phi) is 4.15. The molecule has 1 N–H and O–H groups in total. The molecule has 2 fully saturated rings. The number of morpholine rings is 1. The molecule has 2 aliphatic rings. The number of carbonyl (C=O) groups is 1. The number of amides is 2. The number of nitrogens with one attached hydrogen (secondary N) is 1. The maximum Gasteiger partial charge on any atom is 0.317 e. The highest BCUT2D eigenvalue weighted by Gasteiger charge is 2.33. The zero-order valence-corrected chi connectivity index (χ0v) is 15.0. The van der Waals surface area contributed by atoms with Gasteiger partial charge in [-0.1, -0.05) is 19.1 Å². The number of ether oxygens (including phenoxy) is 1. The largest absolute Gasteiger partial charge is 0.372 e. The minimum Gasteiger partial charge on any atom is -0.372 e. The molecule has 1 aromatic heterocycles. The van der Waals surface area contributed by atoms with E-state index in [0.29, 0.717) is 32.3 Å². The van der Waals surface area contributed by atoms with Crippen LogP contribution in [0.5, 0.6) is 0 Å². The van der Waals surface area contributed by atoms with Gasteiger partial charge in [-0.05, 0) is 38.3 Å². The van der Waals surface area contributed by atoms with Gasteiger partial charge in [0, 0.05) is 12.6 Å². The predicted octanol–water partition coefficient (Wildman–Crippen LogP) is 3.08. The van der Waals surface area contributed by atoms with Gasteiger partial charge in [0.2, 0.25) is 0 Å². The van der Waals surface area contributed by atoms with Crippen LogP contribution in [0.25, 0.3) is 11.0 Å². The van der Waals surface area contributed by atoms with Gasteiger partial charge >= 0.3 is 6.03 Å². The molecule has 0 unspecified atom stereocenters. The van der Waals surface area contributed by atoms with Crippen LogP contribution in [0, 0.1) is 0 Å². The summed E-state index contributed by atoms with van der Waals surface area (Å²) in [4.78, 5) is 19.2. The molecule has 2 amide bonds. The zero-order valence-electron chi connectivity index (χ0n) is 15.0.